The lowest BCUT2D eigenvalue weighted by Gasteiger charge is -1.99. The van der Waals surface area contributed by atoms with Crippen molar-refractivity contribution in [1.82, 2.24) is 9.78 Å². The van der Waals surface area contributed by atoms with Gasteiger partial charge in [0.1, 0.15) is 0 Å². The molecule has 3 heteroatoms. The van der Waals surface area contributed by atoms with Crippen molar-refractivity contribution in [1.29, 1.82) is 0 Å². The molecule has 0 unspecified atom stereocenters. The summed E-state index contributed by atoms with van der Waals surface area (Å²) in [5.74, 6) is 0.755. The van der Waals surface area contributed by atoms with E-state index in [1.54, 1.807) is 11.8 Å². The summed E-state index contributed by atoms with van der Waals surface area (Å²) in [5, 5.41) is 3.92. The molecule has 0 aliphatic carbocycles. The Morgan fingerprint density at radius 3 is 2.80 bits per heavy atom. The van der Waals surface area contributed by atoms with Crippen LogP contribution in [0.2, 0.25) is 0 Å². The number of hydrogen-bond donors (Lipinski definition) is 0. The van der Waals surface area contributed by atoms with Crippen molar-refractivity contribution in [2.24, 2.45) is 7.05 Å². The fourth-order valence-electron chi connectivity index (χ4n) is 0.945. The fourth-order valence-corrected chi connectivity index (χ4v) is 0.945. The van der Waals surface area contributed by atoms with E-state index in [0.29, 0.717) is 0 Å². The summed E-state index contributed by atoms with van der Waals surface area (Å²) < 4.78 is 6.79. The molecule has 0 aliphatic rings. The van der Waals surface area contributed by atoms with Gasteiger partial charge in [0.15, 0.2) is 11.9 Å². The third-order valence-corrected chi connectivity index (χ3v) is 1.49. The minimum atomic E-state index is 0.755. The molecule has 0 fully saturated rings. The summed E-state index contributed by atoms with van der Waals surface area (Å²) >= 11 is 0. The number of aryl methyl sites for hydroxylation is 1. The summed E-state index contributed by atoms with van der Waals surface area (Å²) in [6, 6.07) is 0. The smallest absolute Gasteiger partial charge is 0.169 e. The van der Waals surface area contributed by atoms with Gasteiger partial charge in [0.25, 0.3) is 0 Å². The van der Waals surface area contributed by atoms with Crippen LogP contribution in [0.5, 0.6) is 5.75 Å². The molecule has 0 N–H and O–H groups in total. The number of rotatable bonds is 2. The molecular weight excluding hydrogens is 128 g/mol. The molecule has 55 valence electrons. The molecule has 0 spiro atoms. The predicted octanol–water partition coefficient (Wildman–Crippen LogP) is 0.791. The lowest BCUT2D eigenvalue weighted by molar-refractivity contribution is 0.408. The Labute approximate surface area is 60.6 Å². The van der Waals surface area contributed by atoms with E-state index in [2.05, 4.69) is 18.2 Å². The van der Waals surface area contributed by atoms with Crippen molar-refractivity contribution < 1.29 is 4.74 Å². The Balaban J connectivity index is 3.01. The molecule has 10 heavy (non-hydrogen) atoms. The van der Waals surface area contributed by atoms with Crippen molar-refractivity contribution in [3.63, 3.8) is 0 Å². The lowest BCUT2D eigenvalue weighted by atomic mass is 10.3. The van der Waals surface area contributed by atoms with E-state index in [-0.39, 0.29) is 0 Å². The van der Waals surface area contributed by atoms with E-state index in [4.69, 9.17) is 4.74 Å². The summed E-state index contributed by atoms with van der Waals surface area (Å²) in [6.45, 7) is 2.06. The molecule has 1 radical (unpaired) electrons. The van der Waals surface area contributed by atoms with Crippen molar-refractivity contribution in [2.75, 3.05) is 7.11 Å². The SMILES string of the molecule is CCc1c(OC)[c]nn1C. The molecule has 1 rings (SSSR count). The van der Waals surface area contributed by atoms with Gasteiger partial charge in [-0.05, 0) is 6.42 Å². The summed E-state index contributed by atoms with van der Waals surface area (Å²) in [6.07, 6.45) is 3.69. The first-order valence-corrected chi connectivity index (χ1v) is 3.27. The molecule has 0 aromatic carbocycles. The lowest BCUT2D eigenvalue weighted by Crippen LogP contribution is -1.97. The molecule has 0 saturated carbocycles. The number of nitrogens with zero attached hydrogens (tertiary/aromatic N) is 2. The third-order valence-electron chi connectivity index (χ3n) is 1.49. The molecular formula is C7H11N2O. The topological polar surface area (TPSA) is 27.1 Å². The third kappa shape index (κ3) is 0.988. The molecule has 0 saturated heterocycles. The normalized spacial score (nSPS) is 9.90. The van der Waals surface area contributed by atoms with Crippen molar-refractivity contribution >= 4 is 0 Å². The highest BCUT2D eigenvalue weighted by molar-refractivity contribution is 5.23. The maximum atomic E-state index is 5.02. The van der Waals surface area contributed by atoms with E-state index >= 15 is 0 Å². The molecule has 1 heterocycles. The Hall–Kier alpha value is -0.990. The zero-order valence-electron chi connectivity index (χ0n) is 6.51. The highest BCUT2D eigenvalue weighted by Crippen LogP contribution is 2.15. The van der Waals surface area contributed by atoms with Crippen LogP contribution >= 0.6 is 0 Å². The number of hydrogen-bond acceptors (Lipinski definition) is 2. The Kier molecular flexibility index (Phi) is 1.94. The second kappa shape index (κ2) is 2.73. The van der Waals surface area contributed by atoms with Crippen LogP contribution in [0.15, 0.2) is 0 Å². The van der Waals surface area contributed by atoms with Crippen LogP contribution in [-0.2, 0) is 13.5 Å². The van der Waals surface area contributed by atoms with E-state index < -0.39 is 0 Å². The van der Waals surface area contributed by atoms with Gasteiger partial charge < -0.3 is 4.74 Å². The summed E-state index contributed by atoms with van der Waals surface area (Å²) in [4.78, 5) is 0. The first-order chi connectivity index (χ1) is 4.79. The maximum absolute atomic E-state index is 5.02. The average Bonchev–Trinajstić information content (AvgIpc) is 2.30. The fraction of sp³-hybridized carbons (Fsp3) is 0.571. The van der Waals surface area contributed by atoms with Crippen LogP contribution in [0.25, 0.3) is 0 Å². The van der Waals surface area contributed by atoms with Gasteiger partial charge in [0, 0.05) is 7.05 Å². The zero-order valence-corrected chi connectivity index (χ0v) is 6.51. The van der Waals surface area contributed by atoms with Crippen LogP contribution < -0.4 is 4.74 Å². The van der Waals surface area contributed by atoms with Gasteiger partial charge in [0.2, 0.25) is 0 Å². The van der Waals surface area contributed by atoms with Gasteiger partial charge >= 0.3 is 0 Å². The predicted molar refractivity (Wildman–Crippen MR) is 38.0 cm³/mol. The summed E-state index contributed by atoms with van der Waals surface area (Å²) in [7, 11) is 3.52. The molecule has 3 nitrogen and oxygen atoms in total. The van der Waals surface area contributed by atoms with Crippen molar-refractivity contribution in [3.8, 4) is 5.75 Å². The highest BCUT2D eigenvalue weighted by Gasteiger charge is 2.05. The Morgan fingerprint density at radius 1 is 1.70 bits per heavy atom. The zero-order chi connectivity index (χ0) is 7.56. The van der Waals surface area contributed by atoms with E-state index in [0.717, 1.165) is 17.9 Å². The molecule has 0 aliphatic heterocycles. The molecule has 1 aromatic heterocycles. The number of aromatic nitrogens is 2. The highest BCUT2D eigenvalue weighted by atomic mass is 16.5. The monoisotopic (exact) mass is 139 g/mol. The Morgan fingerprint density at radius 2 is 2.40 bits per heavy atom. The minimum absolute atomic E-state index is 0.755. The molecule has 0 bridgehead atoms. The van der Waals surface area contributed by atoms with E-state index in [1.165, 1.54) is 0 Å². The average molecular weight is 139 g/mol. The van der Waals surface area contributed by atoms with Crippen LogP contribution in [-0.4, -0.2) is 16.9 Å². The first-order valence-electron chi connectivity index (χ1n) is 3.27. The second-order valence-corrected chi connectivity index (χ2v) is 2.07. The van der Waals surface area contributed by atoms with Gasteiger partial charge in [-0.15, -0.1) is 0 Å². The van der Waals surface area contributed by atoms with Crippen LogP contribution in [0, 0.1) is 6.20 Å². The second-order valence-electron chi connectivity index (χ2n) is 2.07. The van der Waals surface area contributed by atoms with Crippen LogP contribution in [0.1, 0.15) is 12.6 Å². The molecule has 1 aromatic rings. The van der Waals surface area contributed by atoms with Gasteiger partial charge in [-0.1, -0.05) is 6.92 Å². The standard InChI is InChI=1S/C7H11N2O/c1-4-6-7(10-3)5-8-9(6)2/h4H2,1-3H3. The van der Waals surface area contributed by atoms with E-state index in [1.807, 2.05) is 7.05 Å². The van der Waals surface area contributed by atoms with Gasteiger partial charge in [0.05, 0.1) is 12.8 Å². The largest absolute Gasteiger partial charge is 0.492 e. The van der Waals surface area contributed by atoms with Crippen molar-refractivity contribution in [3.05, 3.63) is 11.9 Å². The number of ether oxygens (including phenoxy) is 1. The van der Waals surface area contributed by atoms with Crippen LogP contribution in [0.3, 0.4) is 0 Å². The number of methoxy groups -OCH3 is 1. The first kappa shape index (κ1) is 7.12. The van der Waals surface area contributed by atoms with Gasteiger partial charge in [-0.3, -0.25) is 4.68 Å². The van der Waals surface area contributed by atoms with Gasteiger partial charge in [-0.2, -0.15) is 5.10 Å². The minimum Gasteiger partial charge on any atom is -0.492 e. The molecule has 0 amide bonds. The van der Waals surface area contributed by atoms with Crippen LogP contribution in [0.4, 0.5) is 0 Å². The molecule has 0 atom stereocenters. The summed E-state index contributed by atoms with van der Waals surface area (Å²) in [5.41, 5.74) is 1.09. The Bertz CT molecular complexity index is 217. The quantitative estimate of drug-likeness (QED) is 0.605. The van der Waals surface area contributed by atoms with Gasteiger partial charge in [-0.25, -0.2) is 0 Å². The van der Waals surface area contributed by atoms with Crippen molar-refractivity contribution in [2.45, 2.75) is 13.3 Å². The maximum Gasteiger partial charge on any atom is 0.169 e. The van der Waals surface area contributed by atoms with E-state index in [9.17, 15) is 0 Å².